The summed E-state index contributed by atoms with van der Waals surface area (Å²) < 4.78 is 10.9. The number of hydrogen-bond acceptors (Lipinski definition) is 6. The van der Waals surface area contributed by atoms with Crippen molar-refractivity contribution in [2.75, 3.05) is 19.1 Å². The van der Waals surface area contributed by atoms with Gasteiger partial charge in [0.25, 0.3) is 11.7 Å². The van der Waals surface area contributed by atoms with E-state index < -0.39 is 23.7 Å². The Hall–Kier alpha value is -4.59. The Bertz CT molecular complexity index is 1470. The minimum atomic E-state index is -0.977. The fraction of sp³-hybridized carbons (Fsp3) is 0.258. The monoisotopic (exact) mass is 529 g/mol. The van der Waals surface area contributed by atoms with E-state index in [-0.39, 0.29) is 23.7 Å². The normalized spacial score (nSPS) is 16.6. The summed E-state index contributed by atoms with van der Waals surface area (Å²) in [6, 6.07) is 16.1. The van der Waals surface area contributed by atoms with Crippen LogP contribution in [0.5, 0.6) is 11.5 Å². The maximum atomic E-state index is 13.6. The van der Waals surface area contributed by atoms with Crippen LogP contribution in [-0.2, 0) is 20.8 Å². The van der Waals surface area contributed by atoms with Crippen molar-refractivity contribution in [1.82, 2.24) is 0 Å². The molecule has 3 aromatic carbocycles. The zero-order valence-electron chi connectivity index (χ0n) is 22.5. The number of aliphatic carboxylic acids is 1. The van der Waals surface area contributed by atoms with E-state index in [0.717, 1.165) is 5.56 Å². The van der Waals surface area contributed by atoms with Gasteiger partial charge >= 0.3 is 5.97 Å². The van der Waals surface area contributed by atoms with Gasteiger partial charge in [-0.15, -0.1) is 0 Å². The van der Waals surface area contributed by atoms with E-state index in [1.807, 2.05) is 19.9 Å². The number of amides is 1. The van der Waals surface area contributed by atoms with Crippen molar-refractivity contribution in [2.24, 2.45) is 0 Å². The first-order chi connectivity index (χ1) is 18.6. The van der Waals surface area contributed by atoms with E-state index in [9.17, 15) is 19.5 Å². The number of methoxy groups -OCH3 is 2. The van der Waals surface area contributed by atoms with Gasteiger partial charge in [0.15, 0.2) is 0 Å². The van der Waals surface area contributed by atoms with Crippen molar-refractivity contribution in [3.8, 4) is 11.5 Å². The lowest BCUT2D eigenvalue weighted by Gasteiger charge is -2.26. The lowest BCUT2D eigenvalue weighted by molar-refractivity contribution is -0.136. The Morgan fingerprint density at radius 1 is 0.974 bits per heavy atom. The number of benzene rings is 3. The maximum Gasteiger partial charge on any atom is 0.307 e. The minimum absolute atomic E-state index is 0.0501. The van der Waals surface area contributed by atoms with Crippen LogP contribution in [0.25, 0.3) is 5.76 Å². The third kappa shape index (κ3) is 5.23. The highest BCUT2D eigenvalue weighted by atomic mass is 16.5. The number of aliphatic hydroxyl groups excluding tert-OH is 1. The standard InChI is InChI=1S/C31H31NO7/c1-17(2)23-16-24(18(3)13-25(23)39-5)29(35)27-28(20-7-6-8-22(15-20)38-4)32(31(37)30(27)36)21-11-9-19(10-12-21)14-26(33)34/h6-13,15-17,28,35H,14H2,1-5H3,(H,33,34)/b29-27+. The molecule has 1 amide bonds. The zero-order valence-corrected chi connectivity index (χ0v) is 22.5. The molecule has 1 unspecified atom stereocenters. The number of anilines is 1. The summed E-state index contributed by atoms with van der Waals surface area (Å²) in [5.74, 6) is -1.61. The van der Waals surface area contributed by atoms with Crippen LogP contribution in [0, 0.1) is 6.92 Å². The molecule has 39 heavy (non-hydrogen) atoms. The highest BCUT2D eigenvalue weighted by molar-refractivity contribution is 6.51. The molecule has 1 aliphatic rings. The largest absolute Gasteiger partial charge is 0.507 e. The summed E-state index contributed by atoms with van der Waals surface area (Å²) in [6.07, 6.45) is -0.173. The average molecular weight is 530 g/mol. The van der Waals surface area contributed by atoms with Gasteiger partial charge in [0.1, 0.15) is 17.3 Å². The molecule has 202 valence electrons. The lowest BCUT2D eigenvalue weighted by Crippen LogP contribution is -2.29. The van der Waals surface area contributed by atoms with Crippen LogP contribution in [0.3, 0.4) is 0 Å². The molecule has 0 aliphatic carbocycles. The number of aryl methyl sites for hydroxylation is 1. The predicted molar refractivity (Wildman–Crippen MR) is 147 cm³/mol. The van der Waals surface area contributed by atoms with E-state index in [1.54, 1.807) is 68.6 Å². The van der Waals surface area contributed by atoms with Crippen LogP contribution >= 0.6 is 0 Å². The first-order valence-electron chi connectivity index (χ1n) is 12.5. The number of ether oxygens (including phenoxy) is 2. The molecule has 1 fully saturated rings. The average Bonchev–Trinajstić information content (AvgIpc) is 3.18. The Morgan fingerprint density at radius 2 is 1.67 bits per heavy atom. The van der Waals surface area contributed by atoms with Gasteiger partial charge < -0.3 is 19.7 Å². The molecule has 0 spiro atoms. The summed E-state index contributed by atoms with van der Waals surface area (Å²) in [6.45, 7) is 5.81. The smallest absolute Gasteiger partial charge is 0.307 e. The Balaban J connectivity index is 1.95. The topological polar surface area (TPSA) is 113 Å². The van der Waals surface area contributed by atoms with Gasteiger partial charge in [-0.3, -0.25) is 19.3 Å². The van der Waals surface area contributed by atoms with Crippen LogP contribution in [0.1, 0.15) is 53.6 Å². The number of aliphatic hydroxyl groups is 1. The van der Waals surface area contributed by atoms with Crippen molar-refractivity contribution < 1.29 is 34.1 Å². The summed E-state index contributed by atoms with van der Waals surface area (Å²) in [5, 5.41) is 20.8. The second kappa shape index (κ2) is 11.0. The molecular weight excluding hydrogens is 498 g/mol. The van der Waals surface area contributed by atoms with Crippen molar-refractivity contribution >= 4 is 29.1 Å². The molecule has 0 bridgehead atoms. The number of rotatable bonds is 8. The van der Waals surface area contributed by atoms with Gasteiger partial charge in [-0.05, 0) is 71.5 Å². The Labute approximate surface area is 227 Å². The molecule has 1 atom stereocenters. The molecule has 8 heteroatoms. The van der Waals surface area contributed by atoms with Crippen LogP contribution in [-0.4, -0.2) is 42.1 Å². The van der Waals surface area contributed by atoms with E-state index in [0.29, 0.717) is 39.4 Å². The fourth-order valence-electron chi connectivity index (χ4n) is 4.90. The van der Waals surface area contributed by atoms with E-state index >= 15 is 0 Å². The first-order valence-corrected chi connectivity index (χ1v) is 12.5. The number of nitrogens with zero attached hydrogens (tertiary/aromatic N) is 1. The highest BCUT2D eigenvalue weighted by Crippen LogP contribution is 2.44. The highest BCUT2D eigenvalue weighted by Gasteiger charge is 2.47. The molecule has 1 saturated heterocycles. The molecule has 2 N–H and O–H groups in total. The van der Waals surface area contributed by atoms with Gasteiger partial charge in [0.2, 0.25) is 0 Å². The Kier molecular flexibility index (Phi) is 7.76. The molecular formula is C31H31NO7. The van der Waals surface area contributed by atoms with Crippen LogP contribution in [0.15, 0.2) is 66.2 Å². The first kappa shape index (κ1) is 27.4. The van der Waals surface area contributed by atoms with E-state index in [4.69, 9.17) is 14.6 Å². The van der Waals surface area contributed by atoms with E-state index in [1.165, 1.54) is 12.0 Å². The summed E-state index contributed by atoms with van der Waals surface area (Å²) in [5.41, 5.74) is 3.43. The van der Waals surface area contributed by atoms with Crippen LogP contribution in [0.4, 0.5) is 5.69 Å². The summed E-state index contributed by atoms with van der Waals surface area (Å²) >= 11 is 0. The number of carbonyl (C=O) groups is 3. The molecule has 1 aliphatic heterocycles. The number of carboxylic acids is 1. The van der Waals surface area contributed by atoms with Crippen LogP contribution in [0.2, 0.25) is 0 Å². The van der Waals surface area contributed by atoms with Gasteiger partial charge in [-0.1, -0.05) is 38.1 Å². The van der Waals surface area contributed by atoms with Gasteiger partial charge in [0.05, 0.1) is 32.3 Å². The molecule has 0 saturated carbocycles. The molecule has 4 rings (SSSR count). The SMILES string of the molecule is COc1cccc(C2/C(=C(\O)c3cc(C(C)C)c(OC)cc3C)C(=O)C(=O)N2c2ccc(CC(=O)O)cc2)c1. The molecule has 3 aromatic rings. The second-order valence-corrected chi connectivity index (χ2v) is 9.75. The van der Waals surface area contributed by atoms with Gasteiger partial charge in [0, 0.05) is 11.3 Å². The van der Waals surface area contributed by atoms with Gasteiger partial charge in [-0.2, -0.15) is 0 Å². The molecule has 8 nitrogen and oxygen atoms in total. The third-order valence-corrected chi connectivity index (χ3v) is 6.88. The molecule has 1 heterocycles. The maximum absolute atomic E-state index is 13.6. The third-order valence-electron chi connectivity index (χ3n) is 6.88. The molecule has 0 aromatic heterocycles. The summed E-state index contributed by atoms with van der Waals surface area (Å²) in [7, 11) is 3.10. The lowest BCUT2D eigenvalue weighted by atomic mass is 9.91. The number of Topliss-reactive ketones (excluding diaryl/α,β-unsaturated/α-hetero) is 1. The fourth-order valence-corrected chi connectivity index (χ4v) is 4.90. The van der Waals surface area contributed by atoms with Crippen LogP contribution < -0.4 is 14.4 Å². The van der Waals surface area contributed by atoms with Crippen molar-refractivity contribution in [1.29, 1.82) is 0 Å². The quantitative estimate of drug-likeness (QED) is 0.229. The predicted octanol–water partition coefficient (Wildman–Crippen LogP) is 5.39. The second-order valence-electron chi connectivity index (χ2n) is 9.75. The Morgan fingerprint density at radius 3 is 2.26 bits per heavy atom. The minimum Gasteiger partial charge on any atom is -0.507 e. The number of ketones is 1. The number of carbonyl (C=O) groups excluding carboxylic acids is 2. The van der Waals surface area contributed by atoms with Crippen molar-refractivity contribution in [3.63, 3.8) is 0 Å². The van der Waals surface area contributed by atoms with E-state index in [2.05, 4.69) is 0 Å². The van der Waals surface area contributed by atoms with Gasteiger partial charge in [-0.25, -0.2) is 0 Å². The zero-order chi connectivity index (χ0) is 28.4. The molecule has 0 radical (unpaired) electrons. The summed E-state index contributed by atoms with van der Waals surface area (Å²) in [4.78, 5) is 39.5. The number of carboxylic acid groups (broad SMARTS) is 1. The number of hydrogen-bond donors (Lipinski definition) is 2. The van der Waals surface area contributed by atoms with Crippen molar-refractivity contribution in [2.45, 2.75) is 39.2 Å². The van der Waals surface area contributed by atoms with Crippen molar-refractivity contribution in [3.05, 3.63) is 94.1 Å².